The van der Waals surface area contributed by atoms with Gasteiger partial charge in [-0.15, -0.1) is 0 Å². The van der Waals surface area contributed by atoms with Gasteiger partial charge in [0.25, 0.3) is 0 Å². The summed E-state index contributed by atoms with van der Waals surface area (Å²) in [5, 5.41) is 23.5. The average Bonchev–Trinajstić information content (AvgIpc) is 1.55. The molecule has 6 aromatic heterocycles. The summed E-state index contributed by atoms with van der Waals surface area (Å²) in [4.78, 5) is 0. The summed E-state index contributed by atoms with van der Waals surface area (Å²) in [6, 6.07) is 97.7. The third kappa shape index (κ3) is 8.28. The second kappa shape index (κ2) is 21.0. The molecule has 0 radical (unpaired) electrons. The maximum Gasteiger partial charge on any atom is 0.416 e. The standard InChI is InChI=1S/C87H49F6N7/c88-86(89,90)53-41-51(42-54(44-53)87(91,92)93)67-49-84(99-80-37-33-55(95-72-25-9-1-17-59(72)60-18-2-10-26-73(60)95)45-68(80)69-46-56(34-38-81(69)99)96-74-27-11-3-19-61(74)62-20-4-12-28-75(62)96)52(50-94)43-85(67)100-82-39-35-57(97-76-29-13-5-21-63(76)64-22-6-14-30-77(64)97)47-70(82)71-48-58(36-40-83(71)100)98-78-31-15-7-23-65(78)66-24-8-16-32-79(66)98/h1-49H. The first-order valence-corrected chi connectivity index (χ1v) is 32.8. The molecular formula is C87H49F6N7. The van der Waals surface area contributed by atoms with Gasteiger partial charge in [-0.2, -0.15) is 31.6 Å². The molecule has 13 heteroatoms. The highest BCUT2D eigenvalue weighted by molar-refractivity contribution is 6.17. The van der Waals surface area contributed by atoms with Crippen LogP contribution < -0.4 is 0 Å². The van der Waals surface area contributed by atoms with E-state index in [4.69, 9.17) is 0 Å². The molecule has 0 amide bonds. The normalized spacial score (nSPS) is 12.5. The largest absolute Gasteiger partial charge is 0.416 e. The second-order valence-electron chi connectivity index (χ2n) is 25.7. The zero-order valence-electron chi connectivity index (χ0n) is 52.7. The van der Waals surface area contributed by atoms with Gasteiger partial charge in [0.1, 0.15) is 6.07 Å². The zero-order chi connectivity index (χ0) is 67.0. The van der Waals surface area contributed by atoms with Crippen LogP contribution in [-0.2, 0) is 12.4 Å². The Morgan fingerprint density at radius 3 is 0.720 bits per heavy atom. The van der Waals surface area contributed by atoms with Gasteiger partial charge in [0.2, 0.25) is 0 Å². The summed E-state index contributed by atoms with van der Waals surface area (Å²) < 4.78 is 106. The number of hydrogen-bond acceptors (Lipinski definition) is 1. The van der Waals surface area contributed by atoms with Crippen molar-refractivity contribution in [2.45, 2.75) is 12.4 Å². The van der Waals surface area contributed by atoms with Crippen molar-refractivity contribution in [3.8, 4) is 51.3 Å². The quantitative estimate of drug-likeness (QED) is 0.147. The molecule has 0 saturated heterocycles. The highest BCUT2D eigenvalue weighted by atomic mass is 19.4. The van der Waals surface area contributed by atoms with Crippen molar-refractivity contribution in [3.63, 3.8) is 0 Å². The lowest BCUT2D eigenvalue weighted by Gasteiger charge is -2.21. The molecule has 0 atom stereocenters. The van der Waals surface area contributed by atoms with E-state index < -0.39 is 23.5 Å². The Hall–Kier alpha value is -13.1. The molecule has 474 valence electrons. The Bertz CT molecular complexity index is 6390. The van der Waals surface area contributed by atoms with Gasteiger partial charge in [-0.3, -0.25) is 0 Å². The molecule has 0 aliphatic rings. The maximum atomic E-state index is 15.5. The van der Waals surface area contributed by atoms with Crippen molar-refractivity contribution in [2.24, 2.45) is 0 Å². The van der Waals surface area contributed by atoms with E-state index in [0.29, 0.717) is 22.1 Å². The summed E-state index contributed by atoms with van der Waals surface area (Å²) in [5.41, 5.74) is 10.9. The van der Waals surface area contributed by atoms with E-state index in [1.165, 1.54) is 0 Å². The van der Waals surface area contributed by atoms with Crippen molar-refractivity contribution in [1.29, 1.82) is 5.26 Å². The molecule has 6 heterocycles. The minimum Gasteiger partial charge on any atom is -0.309 e. The summed E-state index contributed by atoms with van der Waals surface area (Å²) in [6.45, 7) is 0. The van der Waals surface area contributed by atoms with Crippen molar-refractivity contribution in [1.82, 2.24) is 27.4 Å². The van der Waals surface area contributed by atoms with E-state index in [1.807, 2.05) is 155 Å². The SMILES string of the molecule is N#Cc1cc(-n2c3ccc(-n4c5ccccc5c5ccccc54)cc3c3cc(-n4c5ccccc5c5ccccc54)ccc32)c(-c2cc(C(F)(F)F)cc(C(F)(F)F)c2)cc1-n1c2ccc(-n3c4ccccc4c4ccccc43)cc2c2cc(-n3c4ccccc4c4ccccc43)ccc21. The molecule has 14 aromatic carbocycles. The van der Waals surface area contributed by atoms with Gasteiger partial charge in [-0.1, -0.05) is 146 Å². The van der Waals surface area contributed by atoms with Crippen LogP contribution in [-0.4, -0.2) is 27.4 Å². The number of nitriles is 1. The number of para-hydroxylation sites is 8. The van der Waals surface area contributed by atoms with Crippen LogP contribution in [0, 0.1) is 11.3 Å². The fourth-order valence-electron chi connectivity index (χ4n) is 16.3. The van der Waals surface area contributed by atoms with Gasteiger partial charge in [0, 0.05) is 92.9 Å². The van der Waals surface area contributed by atoms with Crippen LogP contribution in [0.25, 0.3) is 176 Å². The zero-order valence-corrected chi connectivity index (χ0v) is 52.7. The second-order valence-corrected chi connectivity index (χ2v) is 25.7. The van der Waals surface area contributed by atoms with E-state index in [1.54, 1.807) is 12.1 Å². The van der Waals surface area contributed by atoms with Crippen LogP contribution in [0.1, 0.15) is 16.7 Å². The molecule has 20 rings (SSSR count). The van der Waals surface area contributed by atoms with Crippen LogP contribution in [0.15, 0.2) is 297 Å². The molecule has 0 aliphatic carbocycles. The Morgan fingerprint density at radius 1 is 0.230 bits per heavy atom. The van der Waals surface area contributed by atoms with Crippen molar-refractivity contribution >= 4 is 131 Å². The number of hydrogen-bond donors (Lipinski definition) is 0. The average molecular weight is 1310 g/mol. The number of halogens is 6. The summed E-state index contributed by atoms with van der Waals surface area (Å²) in [6.07, 6.45) is -10.4. The van der Waals surface area contributed by atoms with Crippen LogP contribution >= 0.6 is 0 Å². The van der Waals surface area contributed by atoms with Gasteiger partial charge >= 0.3 is 12.4 Å². The number of benzene rings is 14. The number of aromatic nitrogens is 6. The predicted molar refractivity (Wildman–Crippen MR) is 393 cm³/mol. The van der Waals surface area contributed by atoms with Crippen molar-refractivity contribution in [2.75, 3.05) is 0 Å². The topological polar surface area (TPSA) is 53.4 Å². The first-order valence-electron chi connectivity index (χ1n) is 32.8. The highest BCUT2D eigenvalue weighted by Crippen LogP contribution is 2.48. The number of fused-ring (bicyclic) bond motifs is 18. The van der Waals surface area contributed by atoms with Gasteiger partial charge in [-0.25, -0.2) is 0 Å². The molecule has 0 unspecified atom stereocenters. The molecule has 100 heavy (non-hydrogen) atoms. The number of rotatable bonds is 7. The molecule has 0 fully saturated rings. The fourth-order valence-corrected chi connectivity index (χ4v) is 16.3. The van der Waals surface area contributed by atoms with E-state index in [-0.39, 0.29) is 34.1 Å². The maximum absolute atomic E-state index is 15.5. The molecule has 0 aliphatic heterocycles. The molecule has 0 saturated carbocycles. The Balaban J connectivity index is 0.897. The monoisotopic (exact) mass is 1310 g/mol. The molecule has 0 spiro atoms. The van der Waals surface area contributed by atoms with Gasteiger partial charge in [0.05, 0.1) is 94.3 Å². The first-order chi connectivity index (χ1) is 48.8. The predicted octanol–water partition coefficient (Wildman–Crippen LogP) is 23.8. The van der Waals surface area contributed by atoms with Crippen LogP contribution in [0.4, 0.5) is 26.3 Å². The third-order valence-corrected chi connectivity index (χ3v) is 20.4. The summed E-state index contributed by atoms with van der Waals surface area (Å²) in [5.74, 6) is 0. The minimum absolute atomic E-state index is 0.0150. The van der Waals surface area contributed by atoms with Crippen LogP contribution in [0.3, 0.4) is 0 Å². The summed E-state index contributed by atoms with van der Waals surface area (Å²) >= 11 is 0. The van der Waals surface area contributed by atoms with E-state index in [2.05, 4.69) is 146 Å². The van der Waals surface area contributed by atoms with E-state index in [0.717, 1.165) is 144 Å². The molecule has 0 bridgehead atoms. The Labute approximate surface area is 564 Å². The van der Waals surface area contributed by atoms with E-state index in [9.17, 15) is 5.26 Å². The lowest BCUT2D eigenvalue weighted by Crippen LogP contribution is -2.11. The van der Waals surface area contributed by atoms with Crippen molar-refractivity contribution in [3.05, 3.63) is 314 Å². The van der Waals surface area contributed by atoms with Crippen molar-refractivity contribution < 1.29 is 26.3 Å². The first kappa shape index (κ1) is 57.2. The van der Waals surface area contributed by atoms with Gasteiger partial charge in [0.15, 0.2) is 0 Å². The van der Waals surface area contributed by atoms with E-state index >= 15 is 26.3 Å². The molecule has 7 nitrogen and oxygen atoms in total. The number of nitrogens with zero attached hydrogens (tertiary/aromatic N) is 7. The molecule has 0 N–H and O–H groups in total. The number of alkyl halides is 6. The third-order valence-electron chi connectivity index (χ3n) is 20.4. The van der Waals surface area contributed by atoms with Crippen LogP contribution in [0.2, 0.25) is 0 Å². The Morgan fingerprint density at radius 2 is 0.470 bits per heavy atom. The highest BCUT2D eigenvalue weighted by Gasteiger charge is 2.38. The molecule has 20 aromatic rings. The smallest absolute Gasteiger partial charge is 0.309 e. The van der Waals surface area contributed by atoms with Gasteiger partial charge in [-0.05, 0) is 157 Å². The molecular weight excluding hydrogens is 1260 g/mol. The lowest BCUT2D eigenvalue weighted by molar-refractivity contribution is -0.143. The lowest BCUT2D eigenvalue weighted by atomic mass is 9.95. The van der Waals surface area contributed by atoms with Gasteiger partial charge < -0.3 is 27.4 Å². The summed E-state index contributed by atoms with van der Waals surface area (Å²) in [7, 11) is 0. The fraction of sp³-hybridized carbons (Fsp3) is 0.0230. The van der Waals surface area contributed by atoms with Crippen LogP contribution in [0.5, 0.6) is 0 Å². The minimum atomic E-state index is -5.19. The Kier molecular flexibility index (Phi) is 12.0.